The molecule has 0 radical (unpaired) electrons. The van der Waals surface area contributed by atoms with Crippen LogP contribution in [0.3, 0.4) is 0 Å². The van der Waals surface area contributed by atoms with Crippen LogP contribution in [0, 0.1) is 0 Å². The number of hydrogen-bond donors (Lipinski definition) is 2. The Bertz CT molecular complexity index is 601. The Morgan fingerprint density at radius 3 is 2.86 bits per heavy atom. The summed E-state index contributed by atoms with van der Waals surface area (Å²) in [5, 5.41) is 7.38. The summed E-state index contributed by atoms with van der Waals surface area (Å²) >= 11 is 6.21. The van der Waals surface area contributed by atoms with Crippen molar-refractivity contribution in [2.75, 3.05) is 19.0 Å². The second kappa shape index (κ2) is 8.75. The zero-order chi connectivity index (χ0) is 15.2. The molecule has 0 aliphatic heterocycles. The molecule has 1 unspecified atom stereocenters. The highest BCUT2D eigenvalue weighted by Gasteiger charge is 2.12. The molecule has 0 spiro atoms. The zero-order valence-corrected chi connectivity index (χ0v) is 13.6. The zero-order valence-electron chi connectivity index (χ0n) is 12.0. The minimum Gasteiger partial charge on any atom is -0.380 e. The van der Waals surface area contributed by atoms with Crippen molar-refractivity contribution >= 4 is 35.6 Å². The first-order chi connectivity index (χ1) is 10.1. The second-order valence-electron chi connectivity index (χ2n) is 4.46. The SMILES string of the molecule is COC(CN)CC(=O)Nc1ccc(-n2cccn2)c(Cl)c1.Cl. The number of carbonyl (C=O) groups is 1. The van der Waals surface area contributed by atoms with E-state index >= 15 is 0 Å². The molecule has 6 nitrogen and oxygen atoms in total. The number of halogens is 2. The molecule has 0 saturated heterocycles. The fourth-order valence-electron chi connectivity index (χ4n) is 1.86. The number of ether oxygens (including phenoxy) is 1. The molecule has 0 fully saturated rings. The summed E-state index contributed by atoms with van der Waals surface area (Å²) in [4.78, 5) is 11.9. The summed E-state index contributed by atoms with van der Waals surface area (Å²) in [7, 11) is 1.53. The lowest BCUT2D eigenvalue weighted by molar-refractivity contribution is -0.118. The van der Waals surface area contributed by atoms with Crippen molar-refractivity contribution in [2.24, 2.45) is 5.73 Å². The van der Waals surface area contributed by atoms with Crippen molar-refractivity contribution in [3.63, 3.8) is 0 Å². The third kappa shape index (κ3) is 4.71. The van der Waals surface area contributed by atoms with Crippen LogP contribution in [0.15, 0.2) is 36.7 Å². The molecule has 1 aromatic heterocycles. The topological polar surface area (TPSA) is 82.2 Å². The Kier molecular flexibility index (Phi) is 7.34. The number of rotatable bonds is 6. The third-order valence-corrected chi connectivity index (χ3v) is 3.29. The standard InChI is InChI=1S/C14H17ClN4O2.ClH/c1-21-11(9-16)8-14(20)18-10-3-4-13(12(15)7-10)19-6-2-5-17-19;/h2-7,11H,8-9,16H2,1H3,(H,18,20);1H. The smallest absolute Gasteiger partial charge is 0.227 e. The molecule has 1 heterocycles. The first-order valence-electron chi connectivity index (χ1n) is 6.46. The van der Waals surface area contributed by atoms with Gasteiger partial charge in [-0.3, -0.25) is 4.79 Å². The Morgan fingerprint density at radius 1 is 1.55 bits per heavy atom. The van der Waals surface area contributed by atoms with Gasteiger partial charge in [-0.15, -0.1) is 12.4 Å². The molecule has 1 amide bonds. The van der Waals surface area contributed by atoms with Crippen LogP contribution in [0.1, 0.15) is 6.42 Å². The van der Waals surface area contributed by atoms with E-state index < -0.39 is 0 Å². The van der Waals surface area contributed by atoms with E-state index in [-0.39, 0.29) is 30.8 Å². The van der Waals surface area contributed by atoms with Crippen LogP contribution in [0.4, 0.5) is 5.69 Å². The summed E-state index contributed by atoms with van der Waals surface area (Å²) < 4.78 is 6.73. The van der Waals surface area contributed by atoms with E-state index in [0.29, 0.717) is 17.3 Å². The van der Waals surface area contributed by atoms with Crippen LogP contribution >= 0.6 is 24.0 Å². The van der Waals surface area contributed by atoms with Crippen LogP contribution in [0.5, 0.6) is 0 Å². The lowest BCUT2D eigenvalue weighted by atomic mass is 10.2. The van der Waals surface area contributed by atoms with Gasteiger partial charge in [0.15, 0.2) is 0 Å². The molecule has 2 aromatic rings. The second-order valence-corrected chi connectivity index (χ2v) is 4.87. The molecule has 2 rings (SSSR count). The first-order valence-corrected chi connectivity index (χ1v) is 6.84. The lowest BCUT2D eigenvalue weighted by Crippen LogP contribution is -2.28. The molecule has 0 bridgehead atoms. The number of carbonyl (C=O) groups excluding carboxylic acids is 1. The van der Waals surface area contributed by atoms with E-state index in [0.717, 1.165) is 5.69 Å². The van der Waals surface area contributed by atoms with Gasteiger partial charge >= 0.3 is 0 Å². The Morgan fingerprint density at radius 2 is 2.32 bits per heavy atom. The predicted octanol–water partition coefficient (Wildman–Crippen LogP) is 2.25. The van der Waals surface area contributed by atoms with Crippen molar-refractivity contribution in [1.29, 1.82) is 0 Å². The average molecular weight is 345 g/mol. The van der Waals surface area contributed by atoms with Crippen LogP contribution in [0.2, 0.25) is 5.02 Å². The Balaban J connectivity index is 0.00000242. The van der Waals surface area contributed by atoms with Gasteiger partial charge in [0.1, 0.15) is 0 Å². The molecule has 22 heavy (non-hydrogen) atoms. The van der Waals surface area contributed by atoms with E-state index in [1.165, 1.54) is 7.11 Å². The van der Waals surface area contributed by atoms with Crippen molar-refractivity contribution in [3.05, 3.63) is 41.7 Å². The van der Waals surface area contributed by atoms with Gasteiger partial charge in [0.2, 0.25) is 5.91 Å². The highest BCUT2D eigenvalue weighted by molar-refractivity contribution is 6.32. The number of nitrogens with zero attached hydrogens (tertiary/aromatic N) is 2. The number of nitrogens with two attached hydrogens (primary N) is 1. The number of anilines is 1. The van der Waals surface area contributed by atoms with Crippen molar-refractivity contribution in [2.45, 2.75) is 12.5 Å². The molecule has 0 aliphatic carbocycles. The Hall–Kier alpha value is -1.60. The summed E-state index contributed by atoms with van der Waals surface area (Å²) in [5.74, 6) is -0.171. The van der Waals surface area contributed by atoms with Gasteiger partial charge in [0, 0.05) is 31.7 Å². The number of aromatic nitrogens is 2. The minimum atomic E-state index is -0.288. The maximum atomic E-state index is 11.9. The van der Waals surface area contributed by atoms with Crippen LogP contribution in [0.25, 0.3) is 5.69 Å². The largest absolute Gasteiger partial charge is 0.380 e. The quantitative estimate of drug-likeness (QED) is 0.841. The molecular formula is C14H18Cl2N4O2. The molecule has 8 heteroatoms. The summed E-state index contributed by atoms with van der Waals surface area (Å²) in [6.45, 7) is 0.295. The van der Waals surface area contributed by atoms with E-state index in [1.54, 1.807) is 35.3 Å². The molecule has 0 saturated carbocycles. The van der Waals surface area contributed by atoms with Gasteiger partial charge in [-0.05, 0) is 24.3 Å². The molecule has 1 aromatic carbocycles. The highest BCUT2D eigenvalue weighted by Crippen LogP contribution is 2.24. The molecular weight excluding hydrogens is 327 g/mol. The first kappa shape index (κ1) is 18.4. The molecule has 3 N–H and O–H groups in total. The number of amides is 1. The lowest BCUT2D eigenvalue weighted by Gasteiger charge is -2.13. The van der Waals surface area contributed by atoms with Crippen LogP contribution in [-0.2, 0) is 9.53 Å². The van der Waals surface area contributed by atoms with E-state index in [4.69, 9.17) is 22.1 Å². The normalized spacial score (nSPS) is 11.6. The molecule has 120 valence electrons. The van der Waals surface area contributed by atoms with Gasteiger partial charge in [0.05, 0.1) is 23.2 Å². The average Bonchev–Trinajstić information content (AvgIpc) is 2.98. The number of hydrogen-bond acceptors (Lipinski definition) is 4. The van der Waals surface area contributed by atoms with Gasteiger partial charge in [-0.1, -0.05) is 11.6 Å². The minimum absolute atomic E-state index is 0. The predicted molar refractivity (Wildman–Crippen MR) is 88.9 cm³/mol. The van der Waals surface area contributed by atoms with Crippen molar-refractivity contribution in [3.8, 4) is 5.69 Å². The summed E-state index contributed by atoms with van der Waals surface area (Å²) in [6, 6.07) is 7.05. The number of benzene rings is 1. The third-order valence-electron chi connectivity index (χ3n) is 2.99. The van der Waals surface area contributed by atoms with Crippen LogP contribution in [-0.4, -0.2) is 35.4 Å². The maximum absolute atomic E-state index is 11.9. The Labute approximate surface area is 140 Å². The van der Waals surface area contributed by atoms with Crippen molar-refractivity contribution < 1.29 is 9.53 Å². The monoisotopic (exact) mass is 344 g/mol. The molecule has 1 atom stereocenters. The number of nitrogens with one attached hydrogen (secondary N) is 1. The summed E-state index contributed by atoms with van der Waals surface area (Å²) in [5.41, 5.74) is 6.85. The van der Waals surface area contributed by atoms with Gasteiger partial charge < -0.3 is 15.8 Å². The van der Waals surface area contributed by atoms with Crippen molar-refractivity contribution in [1.82, 2.24) is 9.78 Å². The van der Waals surface area contributed by atoms with Gasteiger partial charge in [-0.25, -0.2) is 4.68 Å². The van der Waals surface area contributed by atoms with Gasteiger partial charge in [0.25, 0.3) is 0 Å². The van der Waals surface area contributed by atoms with E-state index in [1.807, 2.05) is 6.07 Å². The fourth-order valence-corrected chi connectivity index (χ4v) is 2.13. The molecule has 0 aliphatic rings. The summed E-state index contributed by atoms with van der Waals surface area (Å²) in [6.07, 6.45) is 3.38. The van der Waals surface area contributed by atoms with Crippen LogP contribution < -0.4 is 11.1 Å². The van der Waals surface area contributed by atoms with E-state index in [2.05, 4.69) is 10.4 Å². The highest BCUT2D eigenvalue weighted by atomic mass is 35.5. The van der Waals surface area contributed by atoms with Gasteiger partial charge in [-0.2, -0.15) is 5.10 Å². The fraction of sp³-hybridized carbons (Fsp3) is 0.286. The number of methoxy groups -OCH3 is 1. The maximum Gasteiger partial charge on any atom is 0.227 e. The van der Waals surface area contributed by atoms with E-state index in [9.17, 15) is 4.79 Å².